The van der Waals surface area contributed by atoms with Crippen LogP contribution in [0, 0.1) is 11.3 Å². The molecule has 104 valence electrons. The van der Waals surface area contributed by atoms with E-state index in [0.717, 1.165) is 19.0 Å². The van der Waals surface area contributed by atoms with Crippen molar-refractivity contribution in [3.05, 3.63) is 0 Å². The Labute approximate surface area is 109 Å². The highest BCUT2D eigenvalue weighted by Gasteiger charge is 2.26. The zero-order valence-corrected chi connectivity index (χ0v) is 13.1. The van der Waals surface area contributed by atoms with Gasteiger partial charge in [0, 0.05) is 12.6 Å². The number of hydrogen-bond donors (Lipinski definition) is 1. The first-order valence-electron chi connectivity index (χ1n) is 7.21. The fourth-order valence-corrected chi connectivity index (χ4v) is 2.03. The van der Waals surface area contributed by atoms with Crippen molar-refractivity contribution >= 4 is 0 Å². The van der Waals surface area contributed by atoms with Crippen LogP contribution in [0.4, 0.5) is 0 Å². The Hall–Kier alpha value is -0.0800. The van der Waals surface area contributed by atoms with Crippen molar-refractivity contribution in [2.24, 2.45) is 11.3 Å². The average Bonchev–Trinajstić information content (AvgIpc) is 2.22. The van der Waals surface area contributed by atoms with Crippen LogP contribution in [0.3, 0.4) is 0 Å². The van der Waals surface area contributed by atoms with Crippen LogP contribution in [0.2, 0.25) is 0 Å². The summed E-state index contributed by atoms with van der Waals surface area (Å²) in [6, 6.07) is 0.573. The molecule has 0 heterocycles. The Bertz CT molecular complexity index is 187. The Balaban J connectivity index is 4.04. The first-order valence-corrected chi connectivity index (χ1v) is 7.21. The van der Waals surface area contributed by atoms with Crippen molar-refractivity contribution in [2.75, 3.05) is 26.7 Å². The molecule has 0 radical (unpaired) electrons. The molecule has 0 aromatic carbocycles. The maximum atomic E-state index is 3.62. The Morgan fingerprint density at radius 2 is 1.76 bits per heavy atom. The van der Waals surface area contributed by atoms with E-state index in [1.54, 1.807) is 0 Å². The fraction of sp³-hybridized carbons (Fsp3) is 1.00. The molecule has 0 aromatic heterocycles. The van der Waals surface area contributed by atoms with E-state index in [1.807, 2.05) is 0 Å². The van der Waals surface area contributed by atoms with Gasteiger partial charge in [-0.15, -0.1) is 0 Å². The molecule has 0 amide bonds. The van der Waals surface area contributed by atoms with Crippen LogP contribution in [0.15, 0.2) is 0 Å². The minimum absolute atomic E-state index is 0.334. The van der Waals surface area contributed by atoms with Gasteiger partial charge in [0.1, 0.15) is 0 Å². The number of nitrogens with one attached hydrogen (secondary N) is 1. The number of nitrogens with zero attached hydrogens (tertiary/aromatic N) is 1. The molecular weight excluding hydrogens is 208 g/mol. The predicted molar refractivity (Wildman–Crippen MR) is 78.5 cm³/mol. The van der Waals surface area contributed by atoms with Crippen LogP contribution in [0.25, 0.3) is 0 Å². The molecule has 0 aromatic rings. The fourth-order valence-electron chi connectivity index (χ4n) is 2.03. The van der Waals surface area contributed by atoms with E-state index in [-0.39, 0.29) is 0 Å². The van der Waals surface area contributed by atoms with Gasteiger partial charge in [0.25, 0.3) is 0 Å². The zero-order chi connectivity index (χ0) is 13.5. The second-order valence-electron chi connectivity index (χ2n) is 6.58. The van der Waals surface area contributed by atoms with Gasteiger partial charge in [-0.25, -0.2) is 0 Å². The molecule has 1 atom stereocenters. The van der Waals surface area contributed by atoms with Crippen LogP contribution in [0.5, 0.6) is 0 Å². The second-order valence-corrected chi connectivity index (χ2v) is 6.58. The maximum Gasteiger partial charge on any atom is 0.0102 e. The van der Waals surface area contributed by atoms with Gasteiger partial charge in [-0.1, -0.05) is 34.6 Å². The van der Waals surface area contributed by atoms with Crippen LogP contribution in [-0.4, -0.2) is 37.6 Å². The SMILES string of the molecule is CCCNC(C)C(C)(C)CN(C)CCC(C)C. The summed E-state index contributed by atoms with van der Waals surface area (Å²) in [5.41, 5.74) is 0.334. The minimum Gasteiger partial charge on any atom is -0.314 e. The molecule has 2 nitrogen and oxygen atoms in total. The molecule has 17 heavy (non-hydrogen) atoms. The lowest BCUT2D eigenvalue weighted by atomic mass is 9.84. The molecule has 0 bridgehead atoms. The topological polar surface area (TPSA) is 15.3 Å². The van der Waals surface area contributed by atoms with E-state index in [1.165, 1.54) is 19.4 Å². The second kappa shape index (κ2) is 8.10. The van der Waals surface area contributed by atoms with Crippen molar-refractivity contribution in [2.45, 2.75) is 60.4 Å². The van der Waals surface area contributed by atoms with Crippen LogP contribution in [-0.2, 0) is 0 Å². The first-order chi connectivity index (χ1) is 7.79. The quantitative estimate of drug-likeness (QED) is 0.667. The summed E-state index contributed by atoms with van der Waals surface area (Å²) in [4.78, 5) is 2.48. The lowest BCUT2D eigenvalue weighted by Gasteiger charge is -2.36. The summed E-state index contributed by atoms with van der Waals surface area (Å²) in [6.45, 7) is 17.4. The third-order valence-corrected chi connectivity index (χ3v) is 3.64. The Morgan fingerprint density at radius 1 is 1.18 bits per heavy atom. The highest BCUT2D eigenvalue weighted by molar-refractivity contribution is 4.83. The number of rotatable bonds is 9. The van der Waals surface area contributed by atoms with Gasteiger partial charge in [-0.2, -0.15) is 0 Å². The van der Waals surface area contributed by atoms with E-state index in [9.17, 15) is 0 Å². The van der Waals surface area contributed by atoms with E-state index in [4.69, 9.17) is 0 Å². The minimum atomic E-state index is 0.334. The molecule has 0 fully saturated rings. The highest BCUT2D eigenvalue weighted by atomic mass is 15.1. The average molecular weight is 242 g/mol. The molecule has 2 heteroatoms. The van der Waals surface area contributed by atoms with Crippen molar-refractivity contribution in [3.63, 3.8) is 0 Å². The molecule has 0 aliphatic rings. The van der Waals surface area contributed by atoms with Gasteiger partial charge in [-0.3, -0.25) is 0 Å². The molecule has 0 rings (SSSR count). The summed E-state index contributed by atoms with van der Waals surface area (Å²) < 4.78 is 0. The molecule has 0 spiro atoms. The highest BCUT2D eigenvalue weighted by Crippen LogP contribution is 2.22. The van der Waals surface area contributed by atoms with Gasteiger partial charge >= 0.3 is 0 Å². The standard InChI is InChI=1S/C15H34N2/c1-8-10-16-14(4)15(5,6)12-17(7)11-9-13(2)3/h13-14,16H,8-12H2,1-7H3. The van der Waals surface area contributed by atoms with Crippen LogP contribution >= 0.6 is 0 Å². The lowest BCUT2D eigenvalue weighted by Crippen LogP contribution is -2.46. The molecular formula is C15H34N2. The third kappa shape index (κ3) is 7.77. The van der Waals surface area contributed by atoms with E-state index in [0.29, 0.717) is 11.5 Å². The van der Waals surface area contributed by atoms with Gasteiger partial charge in [0.05, 0.1) is 0 Å². The predicted octanol–water partition coefficient (Wildman–Crippen LogP) is 3.38. The Kier molecular flexibility index (Phi) is 8.06. The van der Waals surface area contributed by atoms with E-state index >= 15 is 0 Å². The smallest absolute Gasteiger partial charge is 0.0102 e. The summed E-state index contributed by atoms with van der Waals surface area (Å²) in [7, 11) is 2.25. The van der Waals surface area contributed by atoms with Gasteiger partial charge in [0.2, 0.25) is 0 Å². The summed E-state index contributed by atoms with van der Waals surface area (Å²) in [5.74, 6) is 0.802. The van der Waals surface area contributed by atoms with Gasteiger partial charge in [0.15, 0.2) is 0 Å². The van der Waals surface area contributed by atoms with Gasteiger partial charge < -0.3 is 10.2 Å². The normalized spacial score (nSPS) is 14.6. The molecule has 1 unspecified atom stereocenters. The number of hydrogen-bond acceptors (Lipinski definition) is 2. The van der Waals surface area contributed by atoms with Crippen molar-refractivity contribution < 1.29 is 0 Å². The van der Waals surface area contributed by atoms with Gasteiger partial charge in [-0.05, 0) is 51.2 Å². The van der Waals surface area contributed by atoms with Crippen LogP contribution < -0.4 is 5.32 Å². The van der Waals surface area contributed by atoms with Crippen molar-refractivity contribution in [1.29, 1.82) is 0 Å². The summed E-state index contributed by atoms with van der Waals surface area (Å²) in [5, 5.41) is 3.62. The lowest BCUT2D eigenvalue weighted by molar-refractivity contribution is 0.160. The van der Waals surface area contributed by atoms with Crippen LogP contribution in [0.1, 0.15) is 54.4 Å². The molecule has 0 saturated heterocycles. The first kappa shape index (κ1) is 16.9. The van der Waals surface area contributed by atoms with Crippen molar-refractivity contribution in [3.8, 4) is 0 Å². The third-order valence-electron chi connectivity index (χ3n) is 3.64. The van der Waals surface area contributed by atoms with E-state index < -0.39 is 0 Å². The monoisotopic (exact) mass is 242 g/mol. The molecule has 0 saturated carbocycles. The zero-order valence-electron chi connectivity index (χ0n) is 13.1. The van der Waals surface area contributed by atoms with Crippen molar-refractivity contribution in [1.82, 2.24) is 10.2 Å². The molecule has 0 aliphatic heterocycles. The largest absolute Gasteiger partial charge is 0.314 e. The summed E-state index contributed by atoms with van der Waals surface area (Å²) >= 11 is 0. The molecule has 1 N–H and O–H groups in total. The maximum absolute atomic E-state index is 3.62. The van der Waals surface area contributed by atoms with E-state index in [2.05, 4.69) is 58.8 Å². The summed E-state index contributed by atoms with van der Waals surface area (Å²) in [6.07, 6.45) is 2.51. The Morgan fingerprint density at radius 3 is 2.24 bits per heavy atom. The molecule has 0 aliphatic carbocycles.